The van der Waals surface area contributed by atoms with Gasteiger partial charge in [-0.05, 0) is 45.3 Å². The lowest BCUT2D eigenvalue weighted by Crippen LogP contribution is -3.00. The summed E-state index contributed by atoms with van der Waals surface area (Å²) < 4.78 is 0. The van der Waals surface area contributed by atoms with Gasteiger partial charge in [0.1, 0.15) is 5.41 Å². The molecule has 0 bridgehead atoms. The van der Waals surface area contributed by atoms with Gasteiger partial charge in [0.15, 0.2) is 0 Å². The van der Waals surface area contributed by atoms with Gasteiger partial charge in [0, 0.05) is 0 Å². The van der Waals surface area contributed by atoms with Gasteiger partial charge in [-0.25, -0.2) is 4.79 Å². The van der Waals surface area contributed by atoms with Crippen LogP contribution >= 0.6 is 0 Å². The molecule has 0 aromatic heterocycles. The number of rotatable bonds is 6. The highest BCUT2D eigenvalue weighted by Crippen LogP contribution is 2.32. The summed E-state index contributed by atoms with van der Waals surface area (Å²) in [5.41, 5.74) is -1.08. The third-order valence-electron chi connectivity index (χ3n) is 4.58. The zero-order valence-corrected chi connectivity index (χ0v) is 13.9. The van der Waals surface area contributed by atoms with Crippen molar-refractivity contribution in [1.82, 2.24) is 15.5 Å². The molecule has 0 unspecified atom stereocenters. The second-order valence-electron chi connectivity index (χ2n) is 6.08. The molecule has 2 fully saturated rings. The zero-order chi connectivity index (χ0) is 15.3. The summed E-state index contributed by atoms with van der Waals surface area (Å²) >= 11 is 0. The van der Waals surface area contributed by atoms with E-state index in [1.54, 1.807) is 0 Å². The van der Waals surface area contributed by atoms with Gasteiger partial charge in [-0.2, -0.15) is 0 Å². The van der Waals surface area contributed by atoms with Crippen molar-refractivity contribution in [2.24, 2.45) is 5.41 Å². The van der Waals surface area contributed by atoms with Gasteiger partial charge in [-0.15, -0.1) is 0 Å². The summed E-state index contributed by atoms with van der Waals surface area (Å²) in [6, 6.07) is -0.699. The van der Waals surface area contributed by atoms with Crippen LogP contribution in [-0.4, -0.2) is 42.4 Å². The van der Waals surface area contributed by atoms with Crippen molar-refractivity contribution >= 4 is 17.8 Å². The Morgan fingerprint density at radius 2 is 1.59 bits per heavy atom. The van der Waals surface area contributed by atoms with Crippen molar-refractivity contribution in [3.05, 3.63) is 0 Å². The summed E-state index contributed by atoms with van der Waals surface area (Å²) in [5.74, 6) is -0.858. The molecule has 2 heterocycles. The van der Waals surface area contributed by atoms with Gasteiger partial charge in [0.25, 0.3) is 0 Å². The fraction of sp³-hybridized carbons (Fsp3) is 0.800. The summed E-state index contributed by atoms with van der Waals surface area (Å²) in [4.78, 5) is 38.2. The van der Waals surface area contributed by atoms with Crippen LogP contribution in [0.15, 0.2) is 0 Å². The molecule has 2 rings (SSSR count). The Hall–Kier alpha value is -1.14. The predicted molar refractivity (Wildman–Crippen MR) is 78.5 cm³/mol. The van der Waals surface area contributed by atoms with E-state index < -0.39 is 23.3 Å². The molecule has 0 radical (unpaired) electrons. The third kappa shape index (κ3) is 4.20. The molecule has 2 saturated heterocycles. The number of urea groups is 1. The van der Waals surface area contributed by atoms with Crippen molar-refractivity contribution in [3.8, 4) is 0 Å². The Bertz CT molecular complexity index is 402. The van der Waals surface area contributed by atoms with Crippen LogP contribution in [0.4, 0.5) is 4.79 Å². The third-order valence-corrected chi connectivity index (χ3v) is 4.58. The average molecular weight is 331 g/mol. The molecule has 2 N–H and O–H groups in total. The Balaban J connectivity index is 0.00000242. The molecule has 22 heavy (non-hydrogen) atoms. The highest BCUT2D eigenvalue weighted by atomic mass is 35.5. The largest absolute Gasteiger partial charge is 1.00 e. The molecule has 0 aromatic carbocycles. The Morgan fingerprint density at radius 1 is 1.00 bits per heavy atom. The van der Waals surface area contributed by atoms with Gasteiger partial charge < -0.3 is 17.3 Å². The van der Waals surface area contributed by atoms with Crippen LogP contribution in [0, 0.1) is 5.41 Å². The minimum Gasteiger partial charge on any atom is -1.00 e. The molecule has 7 heteroatoms. The molecule has 126 valence electrons. The topological polar surface area (TPSA) is 78.5 Å². The number of nitrogens with zero attached hydrogens (tertiary/aromatic N) is 1. The van der Waals surface area contributed by atoms with E-state index in [4.69, 9.17) is 0 Å². The lowest BCUT2D eigenvalue weighted by atomic mass is 9.76. The van der Waals surface area contributed by atoms with Crippen molar-refractivity contribution in [2.45, 2.75) is 51.9 Å². The summed E-state index contributed by atoms with van der Waals surface area (Å²) in [7, 11) is 0. The number of imide groups is 2. The minimum atomic E-state index is -1.08. The van der Waals surface area contributed by atoms with Gasteiger partial charge in [0.05, 0.1) is 0 Å². The van der Waals surface area contributed by atoms with Crippen molar-refractivity contribution in [2.75, 3.05) is 19.6 Å². The molecular formula is C15H25ClN3O3-. The average Bonchev–Trinajstić information content (AvgIpc) is 2.47. The number of amides is 4. The Labute approximate surface area is 137 Å². The van der Waals surface area contributed by atoms with E-state index in [1.807, 2.05) is 6.92 Å². The number of carbonyl (C=O) groups is 3. The van der Waals surface area contributed by atoms with Gasteiger partial charge in [-0.1, -0.05) is 26.2 Å². The van der Waals surface area contributed by atoms with Gasteiger partial charge >= 0.3 is 6.03 Å². The maximum atomic E-state index is 12.3. The molecule has 4 amide bonds. The van der Waals surface area contributed by atoms with Crippen LogP contribution in [-0.2, 0) is 9.59 Å². The van der Waals surface area contributed by atoms with Gasteiger partial charge in [-0.3, -0.25) is 20.2 Å². The highest BCUT2D eigenvalue weighted by molar-refractivity contribution is 6.19. The number of halogens is 1. The first kappa shape index (κ1) is 18.9. The van der Waals surface area contributed by atoms with E-state index in [0.717, 1.165) is 32.5 Å². The standard InChI is InChI=1S/C15H25N3O3.ClH/c1-2-3-7-15(8-11-18-9-5-4-6-10-18)12(19)16-14(21)17-13(15)20;/h2-11H2,1H3,(H2,16,17,19,20,21);1H/p-1. The number of nitrogens with one attached hydrogen (secondary N) is 2. The molecule has 2 aliphatic heterocycles. The number of carbonyl (C=O) groups excluding carboxylic acids is 3. The number of unbranched alkanes of at least 4 members (excludes halogenated alkanes) is 1. The Morgan fingerprint density at radius 3 is 2.14 bits per heavy atom. The normalized spacial score (nSPS) is 21.8. The minimum absolute atomic E-state index is 0. The van der Waals surface area contributed by atoms with Crippen molar-refractivity contribution < 1.29 is 26.8 Å². The maximum Gasteiger partial charge on any atom is 0.328 e. The van der Waals surface area contributed by atoms with E-state index in [1.165, 1.54) is 19.3 Å². The van der Waals surface area contributed by atoms with E-state index in [2.05, 4.69) is 15.5 Å². The van der Waals surface area contributed by atoms with Crippen molar-refractivity contribution in [3.63, 3.8) is 0 Å². The second kappa shape index (κ2) is 8.48. The lowest BCUT2D eigenvalue weighted by molar-refractivity contribution is -0.145. The fourth-order valence-corrected chi connectivity index (χ4v) is 3.17. The SMILES string of the molecule is CCCCC1(CCN2CCCCC2)C(=O)NC(=O)NC1=O.[Cl-]. The lowest BCUT2D eigenvalue weighted by Gasteiger charge is -2.36. The second-order valence-corrected chi connectivity index (χ2v) is 6.08. The smallest absolute Gasteiger partial charge is 0.328 e. The van der Waals surface area contributed by atoms with Crippen LogP contribution in [0.3, 0.4) is 0 Å². The van der Waals surface area contributed by atoms with E-state index >= 15 is 0 Å². The first-order valence-corrected chi connectivity index (χ1v) is 7.98. The van der Waals surface area contributed by atoms with Gasteiger partial charge in [0.2, 0.25) is 11.8 Å². The van der Waals surface area contributed by atoms with Crippen LogP contribution in [0.2, 0.25) is 0 Å². The van der Waals surface area contributed by atoms with Crippen LogP contribution in [0.1, 0.15) is 51.9 Å². The summed E-state index contributed by atoms with van der Waals surface area (Å²) in [6.07, 6.45) is 6.32. The van der Waals surface area contributed by atoms with E-state index in [-0.39, 0.29) is 12.4 Å². The number of hydrogen-bond acceptors (Lipinski definition) is 4. The number of likely N-dealkylation sites (tertiary alicyclic amines) is 1. The monoisotopic (exact) mass is 330 g/mol. The van der Waals surface area contributed by atoms with Crippen LogP contribution < -0.4 is 23.0 Å². The first-order valence-electron chi connectivity index (χ1n) is 7.98. The maximum absolute atomic E-state index is 12.3. The molecule has 2 aliphatic rings. The predicted octanol–water partition coefficient (Wildman–Crippen LogP) is -1.59. The van der Waals surface area contributed by atoms with Crippen molar-refractivity contribution in [1.29, 1.82) is 0 Å². The molecule has 0 atom stereocenters. The van der Waals surface area contributed by atoms with E-state index in [0.29, 0.717) is 12.8 Å². The molecule has 0 aromatic rings. The summed E-state index contributed by atoms with van der Waals surface area (Å²) in [6.45, 7) is 4.83. The molecule has 0 spiro atoms. The zero-order valence-electron chi connectivity index (χ0n) is 13.1. The fourth-order valence-electron chi connectivity index (χ4n) is 3.17. The Kier molecular flexibility index (Phi) is 7.29. The molecule has 0 saturated carbocycles. The quantitative estimate of drug-likeness (QED) is 0.576. The summed E-state index contributed by atoms with van der Waals surface area (Å²) in [5, 5.41) is 4.54. The number of barbiturate groups is 1. The van der Waals surface area contributed by atoms with E-state index in [9.17, 15) is 14.4 Å². The number of piperidine rings is 1. The molecular weight excluding hydrogens is 306 g/mol. The highest BCUT2D eigenvalue weighted by Gasteiger charge is 2.49. The molecule has 6 nitrogen and oxygen atoms in total. The first-order chi connectivity index (χ1) is 10.1. The van der Waals surface area contributed by atoms with Crippen LogP contribution in [0.5, 0.6) is 0 Å². The number of hydrogen-bond donors (Lipinski definition) is 2. The molecule has 0 aliphatic carbocycles. The van der Waals surface area contributed by atoms with Crippen LogP contribution in [0.25, 0.3) is 0 Å².